The van der Waals surface area contributed by atoms with E-state index in [0.29, 0.717) is 5.69 Å². The predicted octanol–water partition coefficient (Wildman–Crippen LogP) is 16.0. The Kier molecular flexibility index (Phi) is 9.80. The van der Waals surface area contributed by atoms with E-state index in [1.54, 1.807) is 36.4 Å². The smallest absolute Gasteiger partial charge is 0.0702 e. The lowest BCUT2D eigenvalue weighted by molar-refractivity contribution is 0.931. The zero-order valence-corrected chi connectivity index (χ0v) is 37.0. The van der Waals surface area contributed by atoms with Gasteiger partial charge >= 0.3 is 0 Å². The lowest BCUT2D eigenvalue weighted by Gasteiger charge is -2.18. The first kappa shape index (κ1) is 33.5. The quantitative estimate of drug-likeness (QED) is 0.116. The first-order chi connectivity index (χ1) is 36.5. The summed E-state index contributed by atoms with van der Waals surface area (Å²) in [6.45, 7) is -6.67. The van der Waals surface area contributed by atoms with E-state index >= 15 is 0 Å². The average Bonchev–Trinajstić information content (AvgIpc) is 3.44. The summed E-state index contributed by atoms with van der Waals surface area (Å²) >= 11 is 0. The van der Waals surface area contributed by atoms with Crippen LogP contribution >= 0.6 is 0 Å². The Morgan fingerprint density at radius 3 is 1.21 bits per heavy atom. The molecule has 0 atom stereocenters. The Bertz CT molecular complexity index is 3470. The molecule has 3 aromatic heterocycles. The molecule has 0 aliphatic carbocycles. The summed E-state index contributed by atoms with van der Waals surface area (Å²) in [6, 6.07) is 67.6. The summed E-state index contributed by atoms with van der Waals surface area (Å²) in [5, 5.41) is 0. The molecule has 0 aliphatic rings. The molecule has 3 heterocycles. The molecule has 0 fully saturated rings. The van der Waals surface area contributed by atoms with Crippen molar-refractivity contribution in [2.24, 2.45) is 0 Å². The molecular weight excluding hydrogens is 811 g/mol. The van der Waals surface area contributed by atoms with E-state index in [4.69, 9.17) is 12.3 Å². The summed E-state index contributed by atoms with van der Waals surface area (Å²) in [4.78, 5) is 13.5. The maximum absolute atomic E-state index is 7.91. The minimum absolute atomic E-state index is 0.195. The molecule has 0 saturated heterocycles. The summed E-state index contributed by atoms with van der Waals surface area (Å²) < 4.78 is 70.1. The van der Waals surface area contributed by atoms with Crippen molar-refractivity contribution >= 4 is 0 Å². The van der Waals surface area contributed by atoms with E-state index in [1.165, 1.54) is 40.8 Å². The van der Waals surface area contributed by atoms with E-state index in [9.17, 15) is 0 Å². The van der Waals surface area contributed by atoms with Crippen molar-refractivity contribution in [3.63, 3.8) is 0 Å². The number of hydrogen-bond acceptors (Lipinski definition) is 3. The number of aryl methyl sites for hydroxylation is 7. The Labute approximate surface area is 408 Å². The Hall–Kier alpha value is -8.01. The van der Waals surface area contributed by atoms with Gasteiger partial charge in [-0.3, -0.25) is 15.0 Å². The fourth-order valence-electron chi connectivity index (χ4n) is 8.78. The van der Waals surface area contributed by atoms with Crippen molar-refractivity contribution in [3.8, 4) is 78.3 Å². The second-order valence-electron chi connectivity index (χ2n) is 17.0. The molecule has 3 heteroatoms. The summed E-state index contributed by atoms with van der Waals surface area (Å²) in [5.74, 6) is 0. The highest BCUT2D eigenvalue weighted by atomic mass is 14.7. The van der Waals surface area contributed by atoms with Gasteiger partial charge in [0.05, 0.1) is 17.1 Å². The predicted molar refractivity (Wildman–Crippen MR) is 280 cm³/mol. The topological polar surface area (TPSA) is 38.7 Å². The van der Waals surface area contributed by atoms with Gasteiger partial charge in [0.25, 0.3) is 0 Å². The third-order valence-electron chi connectivity index (χ3n) is 12.4. The van der Waals surface area contributed by atoms with Gasteiger partial charge in [0.15, 0.2) is 0 Å². The van der Waals surface area contributed by atoms with Crippen LogP contribution in [-0.4, -0.2) is 15.0 Å². The van der Waals surface area contributed by atoms with Gasteiger partial charge in [-0.1, -0.05) is 176 Å². The molecule has 0 unspecified atom stereocenters. The van der Waals surface area contributed by atoms with Gasteiger partial charge in [0.1, 0.15) is 0 Å². The van der Waals surface area contributed by atoms with Crippen LogP contribution in [0.25, 0.3) is 78.3 Å². The van der Waals surface area contributed by atoms with E-state index in [1.807, 2.05) is 42.5 Å². The maximum atomic E-state index is 7.91. The fraction of sp³-hybridized carbons (Fsp3) is 0.109. The lowest BCUT2D eigenvalue weighted by Crippen LogP contribution is -1.98. The van der Waals surface area contributed by atoms with Gasteiger partial charge in [-0.25, -0.2) is 0 Å². The van der Waals surface area contributed by atoms with Crippen molar-refractivity contribution in [2.45, 2.75) is 46.2 Å². The van der Waals surface area contributed by atoms with Crippen molar-refractivity contribution in [2.75, 3.05) is 0 Å². The van der Waals surface area contributed by atoms with Crippen LogP contribution in [0.2, 0.25) is 0 Å². The van der Waals surface area contributed by atoms with E-state index in [2.05, 4.69) is 136 Å². The van der Waals surface area contributed by atoms with Crippen molar-refractivity contribution in [1.82, 2.24) is 15.0 Å². The number of nitrogens with zero attached hydrogens (tertiary/aromatic N) is 3. The molecule has 0 spiro atoms. The summed E-state index contributed by atoms with van der Waals surface area (Å²) in [6.07, 6.45) is 7.47. The van der Waals surface area contributed by atoms with Gasteiger partial charge < -0.3 is 0 Å². The molecule has 10 aromatic rings. The molecular formula is C64H53N3. The third-order valence-corrected chi connectivity index (χ3v) is 12.4. The van der Waals surface area contributed by atoms with E-state index in [-0.39, 0.29) is 16.7 Å². The minimum Gasteiger partial charge on any atom is -0.256 e. The fourth-order valence-corrected chi connectivity index (χ4v) is 8.78. The number of rotatable bonds is 13. The van der Waals surface area contributed by atoms with Crippen LogP contribution < -0.4 is 0 Å². The zero-order chi connectivity index (χ0) is 53.0. The lowest BCUT2D eigenvalue weighted by atomic mass is 9.86. The van der Waals surface area contributed by atoms with Crippen molar-refractivity contribution in [3.05, 3.63) is 258 Å². The second-order valence-corrected chi connectivity index (χ2v) is 17.0. The van der Waals surface area contributed by atoms with Gasteiger partial charge in [-0.15, -0.1) is 0 Å². The highest BCUT2D eigenvalue weighted by Gasteiger charge is 2.16. The molecule has 0 N–H and O–H groups in total. The maximum Gasteiger partial charge on any atom is 0.0702 e. The first-order valence-corrected chi connectivity index (χ1v) is 22.6. The molecule has 3 nitrogen and oxygen atoms in total. The summed E-state index contributed by atoms with van der Waals surface area (Å²) in [5.41, 5.74) is 18.8. The number of hydrogen-bond donors (Lipinski definition) is 0. The largest absolute Gasteiger partial charge is 0.256 e. The van der Waals surface area contributed by atoms with Crippen molar-refractivity contribution < 1.29 is 12.3 Å². The Morgan fingerprint density at radius 2 is 0.701 bits per heavy atom. The molecule has 0 saturated carbocycles. The molecule has 10 rings (SSSR count). The van der Waals surface area contributed by atoms with Crippen LogP contribution in [0.4, 0.5) is 0 Å². The molecule has 67 heavy (non-hydrogen) atoms. The van der Waals surface area contributed by atoms with Crippen LogP contribution in [-0.2, 0) is 25.7 Å². The van der Waals surface area contributed by atoms with Crippen LogP contribution in [0.1, 0.15) is 51.3 Å². The van der Waals surface area contributed by atoms with Gasteiger partial charge in [-0.05, 0) is 154 Å². The highest BCUT2D eigenvalue weighted by Crippen LogP contribution is 2.41. The number of pyridine rings is 3. The Balaban J connectivity index is 0.995. The van der Waals surface area contributed by atoms with Crippen LogP contribution in [0.3, 0.4) is 0 Å². The SMILES string of the molecule is [2H]C([2H])([2H])c1ccc(-c2ccc(CCc3cc(CCc4ccc(-c5ccc(C([2H])([2H])[2H])cn5)cc4)cc(-c4ccccc4-c4ccc(-c5ccc(C([2H])([2H])[2H])cn5)cc4-c4ccc(-c5ccccc5)cc4)c3)cc2)nc1. The summed E-state index contributed by atoms with van der Waals surface area (Å²) in [7, 11) is 0. The Morgan fingerprint density at radius 1 is 0.284 bits per heavy atom. The van der Waals surface area contributed by atoms with E-state index in [0.717, 1.165) is 98.3 Å². The number of benzene rings is 7. The number of aromatic nitrogens is 3. The third kappa shape index (κ3) is 10.1. The molecule has 0 amide bonds. The molecule has 324 valence electrons. The van der Waals surface area contributed by atoms with Gasteiger partial charge in [0.2, 0.25) is 0 Å². The monoisotopic (exact) mass is 872 g/mol. The molecule has 7 aromatic carbocycles. The first-order valence-electron chi connectivity index (χ1n) is 27.1. The van der Waals surface area contributed by atoms with Crippen LogP contribution in [0.15, 0.2) is 219 Å². The van der Waals surface area contributed by atoms with Gasteiger partial charge in [-0.2, -0.15) is 0 Å². The van der Waals surface area contributed by atoms with Crippen LogP contribution in [0, 0.1) is 20.6 Å². The van der Waals surface area contributed by atoms with Crippen LogP contribution in [0.5, 0.6) is 0 Å². The molecule has 0 radical (unpaired) electrons. The van der Waals surface area contributed by atoms with E-state index < -0.39 is 20.6 Å². The standard InChI is InChI=1S/C64H53N3/c1-44-13-34-62(65-41-44)54-24-20-47(21-25-54)16-18-49-37-50(19-17-48-22-26-55(27-23-48)63-35-14-45(2)42-66-63)39-57(38-49)58-11-7-8-12-59(58)60-33-32-56(64-36-15-46(3)43-67-64)40-61(60)53-30-28-52(29-31-53)51-9-5-4-6-10-51/h4-15,20-43H,16-19H2,1-3H3/i1D3,2D3,3D3. The van der Waals surface area contributed by atoms with Crippen molar-refractivity contribution in [1.29, 1.82) is 0 Å². The molecule has 0 bridgehead atoms. The highest BCUT2D eigenvalue weighted by molar-refractivity contribution is 5.94. The molecule has 0 aliphatic heterocycles. The normalized spacial score (nSPS) is 13.7. The minimum atomic E-state index is -2.25. The average molecular weight is 873 g/mol. The van der Waals surface area contributed by atoms with Gasteiger partial charge in [0, 0.05) is 47.6 Å². The zero-order valence-electron chi connectivity index (χ0n) is 46.0. The second kappa shape index (κ2) is 19.6.